The number of pyridine rings is 1. The van der Waals surface area contributed by atoms with Crippen molar-refractivity contribution in [1.82, 2.24) is 30.3 Å². The summed E-state index contributed by atoms with van der Waals surface area (Å²) < 4.78 is 54.3. The molecular weight excluding hydrogens is 694 g/mol. The molecular formula is C38H47F4N7O4. The largest absolute Gasteiger partial charge is 0.490 e. The number of carbonyl (C=O) groups excluding carboxylic acids is 1. The fraction of sp³-hybridized carbons (Fsp3) is 0.474. The molecule has 15 heteroatoms. The maximum Gasteiger partial charge on any atom is 0.490 e. The summed E-state index contributed by atoms with van der Waals surface area (Å²) in [6.45, 7) is 12.6. The summed E-state index contributed by atoms with van der Waals surface area (Å²) >= 11 is 0. The highest BCUT2D eigenvalue weighted by Crippen LogP contribution is 2.32. The number of carboxylic acids is 1. The van der Waals surface area contributed by atoms with E-state index in [-0.39, 0.29) is 24.2 Å². The molecule has 6 rings (SSSR count). The van der Waals surface area contributed by atoms with Gasteiger partial charge in [0.05, 0.1) is 23.7 Å². The van der Waals surface area contributed by atoms with Crippen molar-refractivity contribution in [2.24, 2.45) is 0 Å². The second-order valence-electron chi connectivity index (χ2n) is 13.4. The van der Waals surface area contributed by atoms with E-state index in [1.807, 2.05) is 29.1 Å². The normalized spacial score (nSPS) is 16.9. The second kappa shape index (κ2) is 18.0. The first-order valence-electron chi connectivity index (χ1n) is 18.0. The quantitative estimate of drug-likeness (QED) is 0.143. The van der Waals surface area contributed by atoms with Crippen LogP contribution in [0.2, 0.25) is 0 Å². The smallest absolute Gasteiger partial charge is 0.475 e. The number of nitrogens with zero attached hydrogens (tertiary/aromatic N) is 4. The van der Waals surface area contributed by atoms with Crippen molar-refractivity contribution in [3.05, 3.63) is 76.9 Å². The number of hydrogen-bond donors (Lipinski definition) is 4. The Bertz CT molecular complexity index is 1880. The van der Waals surface area contributed by atoms with Crippen LogP contribution in [-0.2, 0) is 46.8 Å². The Labute approximate surface area is 306 Å². The number of alkyl halides is 3. The molecule has 0 unspecified atom stereocenters. The molecule has 0 aliphatic carbocycles. The van der Waals surface area contributed by atoms with Gasteiger partial charge >= 0.3 is 12.1 Å². The summed E-state index contributed by atoms with van der Waals surface area (Å²) in [4.78, 5) is 29.8. The van der Waals surface area contributed by atoms with Crippen molar-refractivity contribution >= 4 is 28.6 Å². The monoisotopic (exact) mass is 741 g/mol. The van der Waals surface area contributed by atoms with Crippen LogP contribution in [-0.4, -0.2) is 87.8 Å². The van der Waals surface area contributed by atoms with Gasteiger partial charge in [0.1, 0.15) is 5.82 Å². The third-order valence-electron chi connectivity index (χ3n) is 9.37. The Balaban J connectivity index is 0.000000705. The van der Waals surface area contributed by atoms with Crippen molar-refractivity contribution in [2.75, 3.05) is 38.2 Å². The van der Waals surface area contributed by atoms with Crippen LogP contribution in [0.4, 0.5) is 23.2 Å². The molecule has 0 spiro atoms. The van der Waals surface area contributed by atoms with E-state index in [9.17, 15) is 18.0 Å². The summed E-state index contributed by atoms with van der Waals surface area (Å²) in [7, 11) is 0. The van der Waals surface area contributed by atoms with Gasteiger partial charge in [-0.2, -0.15) is 18.3 Å². The molecule has 1 amide bonds. The Morgan fingerprint density at radius 1 is 1.09 bits per heavy atom. The van der Waals surface area contributed by atoms with Crippen LogP contribution in [0.1, 0.15) is 56.0 Å². The highest BCUT2D eigenvalue weighted by Gasteiger charge is 2.38. The lowest BCUT2D eigenvalue weighted by Crippen LogP contribution is -2.48. The molecule has 53 heavy (non-hydrogen) atoms. The Hall–Kier alpha value is -4.60. The minimum absolute atomic E-state index is 0.105. The van der Waals surface area contributed by atoms with Crippen molar-refractivity contribution in [3.8, 4) is 11.1 Å². The Morgan fingerprint density at radius 2 is 1.85 bits per heavy atom. The Kier molecular flexibility index (Phi) is 13.4. The van der Waals surface area contributed by atoms with E-state index < -0.39 is 12.1 Å². The van der Waals surface area contributed by atoms with Gasteiger partial charge in [0.15, 0.2) is 5.65 Å². The lowest BCUT2D eigenvalue weighted by molar-refractivity contribution is -0.192. The van der Waals surface area contributed by atoms with E-state index in [4.69, 9.17) is 19.6 Å². The molecule has 286 valence electrons. The summed E-state index contributed by atoms with van der Waals surface area (Å²) in [5.74, 6) is -3.13. The van der Waals surface area contributed by atoms with Crippen molar-refractivity contribution in [2.45, 2.75) is 84.3 Å². The van der Waals surface area contributed by atoms with Gasteiger partial charge in [0, 0.05) is 81.4 Å². The van der Waals surface area contributed by atoms with Crippen LogP contribution in [0.15, 0.2) is 48.7 Å². The first-order chi connectivity index (χ1) is 25.4. The molecule has 0 bridgehead atoms. The molecule has 0 saturated carbocycles. The standard InChI is InChI=1S/C36H46FN7O2.C2HF3O2/c1-4-33-30(35(41-28-11-15-46-16-12-28)31-21-40-44(5-2)36(31)42-33)19-34(45)39-20-25-9-10-32(37)29(18-25)27-8-6-7-26(17-27)23-43-14-13-38-24(3)22-43;3-2(4,5)1(6)7/h6-10,17-18,21,24,28,38H,4-5,11-16,19-20,22-23H2,1-3H3,(H,39,45)(H,41,42);(H,6,7)/t24-;/m0./s1. The van der Waals surface area contributed by atoms with Gasteiger partial charge < -0.3 is 25.8 Å². The Morgan fingerprint density at radius 3 is 2.53 bits per heavy atom. The van der Waals surface area contributed by atoms with Crippen molar-refractivity contribution < 1.29 is 37.0 Å². The van der Waals surface area contributed by atoms with E-state index in [1.165, 1.54) is 6.07 Å². The van der Waals surface area contributed by atoms with Gasteiger partial charge in [-0.25, -0.2) is 18.9 Å². The molecule has 4 heterocycles. The average Bonchev–Trinajstić information content (AvgIpc) is 3.55. The SMILES string of the molecule is CCc1nc2c(cnn2CC)c(NC2CCOCC2)c1CC(=O)NCc1ccc(F)c(-c2cccc(CN3CCN[C@@H](C)C3)c2)c1.O=C(O)C(F)(F)F. The summed E-state index contributed by atoms with van der Waals surface area (Å²) in [6.07, 6.45) is -0.527. The van der Waals surface area contributed by atoms with Gasteiger partial charge in [-0.1, -0.05) is 31.2 Å². The first-order valence-corrected chi connectivity index (χ1v) is 18.0. The zero-order valence-electron chi connectivity index (χ0n) is 30.2. The van der Waals surface area contributed by atoms with Crippen molar-refractivity contribution in [3.63, 3.8) is 0 Å². The zero-order valence-corrected chi connectivity index (χ0v) is 30.2. The molecule has 2 fully saturated rings. The van der Waals surface area contributed by atoms with E-state index >= 15 is 4.39 Å². The van der Waals surface area contributed by atoms with E-state index in [0.29, 0.717) is 24.6 Å². The van der Waals surface area contributed by atoms with E-state index in [0.717, 1.165) is 103 Å². The number of amides is 1. The van der Waals surface area contributed by atoms with Gasteiger partial charge in [-0.15, -0.1) is 0 Å². The van der Waals surface area contributed by atoms with Gasteiger partial charge in [-0.3, -0.25) is 9.69 Å². The molecule has 11 nitrogen and oxygen atoms in total. The van der Waals surface area contributed by atoms with Crippen LogP contribution < -0.4 is 16.0 Å². The number of aryl methyl sites for hydroxylation is 2. The lowest BCUT2D eigenvalue weighted by atomic mass is 9.99. The van der Waals surface area contributed by atoms with Crippen LogP contribution in [0.5, 0.6) is 0 Å². The highest BCUT2D eigenvalue weighted by molar-refractivity contribution is 5.94. The fourth-order valence-corrected chi connectivity index (χ4v) is 6.68. The fourth-order valence-electron chi connectivity index (χ4n) is 6.68. The molecule has 2 aliphatic rings. The van der Waals surface area contributed by atoms with Crippen LogP contribution in [0, 0.1) is 5.82 Å². The van der Waals surface area contributed by atoms with Gasteiger partial charge in [0.25, 0.3) is 0 Å². The number of rotatable bonds is 11. The predicted octanol–water partition coefficient (Wildman–Crippen LogP) is 5.70. The summed E-state index contributed by atoms with van der Waals surface area (Å²) in [6, 6.07) is 13.9. The number of aromatic nitrogens is 3. The minimum Gasteiger partial charge on any atom is -0.475 e. The number of carbonyl (C=O) groups is 2. The van der Waals surface area contributed by atoms with Gasteiger partial charge in [0.2, 0.25) is 5.91 Å². The number of piperazine rings is 1. The molecule has 2 aliphatic heterocycles. The van der Waals surface area contributed by atoms with Crippen LogP contribution in [0.25, 0.3) is 22.2 Å². The number of aliphatic carboxylic acids is 1. The second-order valence-corrected chi connectivity index (χ2v) is 13.4. The molecule has 0 radical (unpaired) electrons. The van der Waals surface area contributed by atoms with Crippen molar-refractivity contribution in [1.29, 1.82) is 0 Å². The number of nitrogens with one attached hydrogen (secondary N) is 3. The number of hydrogen-bond acceptors (Lipinski definition) is 8. The number of halogens is 4. The topological polar surface area (TPSA) is 134 Å². The lowest BCUT2D eigenvalue weighted by Gasteiger charge is -2.31. The van der Waals surface area contributed by atoms with Gasteiger partial charge in [-0.05, 0) is 68.0 Å². The van der Waals surface area contributed by atoms with E-state index in [2.05, 4.69) is 58.9 Å². The van der Waals surface area contributed by atoms with Crippen LogP contribution in [0.3, 0.4) is 0 Å². The summed E-state index contributed by atoms with van der Waals surface area (Å²) in [5.41, 5.74) is 6.98. The molecule has 2 aromatic heterocycles. The average molecular weight is 742 g/mol. The predicted molar refractivity (Wildman–Crippen MR) is 194 cm³/mol. The highest BCUT2D eigenvalue weighted by atomic mass is 19.4. The minimum atomic E-state index is -5.08. The third-order valence-corrected chi connectivity index (χ3v) is 9.37. The maximum atomic E-state index is 15.1. The molecule has 2 saturated heterocycles. The van der Waals surface area contributed by atoms with Crippen LogP contribution >= 0.6 is 0 Å². The zero-order chi connectivity index (χ0) is 38.1. The van der Waals surface area contributed by atoms with E-state index in [1.54, 1.807) is 6.07 Å². The maximum absolute atomic E-state index is 15.1. The third kappa shape index (κ3) is 10.5. The summed E-state index contributed by atoms with van der Waals surface area (Å²) in [5, 5.41) is 23.0. The molecule has 4 aromatic rings. The molecule has 1 atom stereocenters. The first kappa shape index (κ1) is 39.6. The number of fused-ring (bicyclic) bond motifs is 1. The molecule has 4 N–H and O–H groups in total. The molecule has 2 aromatic carbocycles. The number of ether oxygens (including phenoxy) is 1. The number of carboxylic acid groups (broad SMARTS) is 1. The number of anilines is 1. The number of benzene rings is 2.